The van der Waals surface area contributed by atoms with Crippen molar-refractivity contribution in [2.75, 3.05) is 13.1 Å². The van der Waals surface area contributed by atoms with Crippen molar-refractivity contribution in [1.29, 1.82) is 0 Å². The molecule has 0 aromatic carbocycles. The van der Waals surface area contributed by atoms with Gasteiger partial charge in [-0.15, -0.1) is 0 Å². The molecule has 7 heteroatoms. The van der Waals surface area contributed by atoms with Crippen LogP contribution in [0.3, 0.4) is 0 Å². The number of nitrogens with zero attached hydrogens (tertiary/aromatic N) is 3. The van der Waals surface area contributed by atoms with Crippen molar-refractivity contribution in [2.45, 2.75) is 39.3 Å². The van der Waals surface area contributed by atoms with Crippen LogP contribution in [0.2, 0.25) is 0 Å². The van der Waals surface area contributed by atoms with E-state index in [1.54, 1.807) is 6.20 Å². The van der Waals surface area contributed by atoms with E-state index in [2.05, 4.69) is 16.6 Å². The van der Waals surface area contributed by atoms with Crippen molar-refractivity contribution < 1.29 is 8.42 Å². The largest absolute Gasteiger partial charge is 0.334 e. The molecule has 1 fully saturated rings. The molecule has 1 N–H and O–H groups in total. The molecule has 0 unspecified atom stereocenters. The molecule has 6 nitrogen and oxygen atoms in total. The fourth-order valence-corrected chi connectivity index (χ4v) is 3.36. The molecule has 102 valence electrons. The number of aromatic nitrogens is 2. The number of hydrogen-bond acceptors (Lipinski definition) is 3. The van der Waals surface area contributed by atoms with Crippen molar-refractivity contribution in [3.63, 3.8) is 0 Å². The van der Waals surface area contributed by atoms with Gasteiger partial charge in [0.1, 0.15) is 5.82 Å². The second kappa shape index (κ2) is 5.81. The summed E-state index contributed by atoms with van der Waals surface area (Å²) in [7, 11) is -3.34. The van der Waals surface area contributed by atoms with E-state index in [0.717, 1.165) is 31.6 Å². The third-order valence-corrected chi connectivity index (χ3v) is 4.64. The zero-order chi connectivity index (χ0) is 13.0. The molecule has 1 aliphatic heterocycles. The third kappa shape index (κ3) is 3.09. The Morgan fingerprint density at radius 2 is 2.11 bits per heavy atom. The lowest BCUT2D eigenvalue weighted by atomic mass is 10.4. The van der Waals surface area contributed by atoms with Crippen LogP contribution in [0.5, 0.6) is 0 Å². The number of rotatable bonds is 6. The summed E-state index contributed by atoms with van der Waals surface area (Å²) in [6.07, 6.45) is 6.48. The first kappa shape index (κ1) is 13.5. The predicted molar refractivity (Wildman–Crippen MR) is 69.1 cm³/mol. The maximum Gasteiger partial charge on any atom is 0.279 e. The molecule has 1 saturated heterocycles. The highest BCUT2D eigenvalue weighted by Gasteiger charge is 2.24. The van der Waals surface area contributed by atoms with Crippen molar-refractivity contribution in [3.8, 4) is 0 Å². The summed E-state index contributed by atoms with van der Waals surface area (Å²) in [5, 5.41) is 0. The molecule has 18 heavy (non-hydrogen) atoms. The Labute approximate surface area is 108 Å². The standard InChI is InChI=1S/C11H20N4O2S/c1-2-6-14-9-5-12-11(14)10-13-18(16,17)15-7-3-4-8-15/h5,9,13H,2-4,6-8,10H2,1H3. The maximum absolute atomic E-state index is 12.0. The Hall–Kier alpha value is -0.920. The van der Waals surface area contributed by atoms with Crippen LogP contribution < -0.4 is 4.72 Å². The van der Waals surface area contributed by atoms with Gasteiger partial charge in [0, 0.05) is 32.0 Å². The summed E-state index contributed by atoms with van der Waals surface area (Å²) in [6, 6.07) is 0. The first-order chi connectivity index (χ1) is 8.63. The van der Waals surface area contributed by atoms with E-state index in [1.165, 1.54) is 4.31 Å². The fraction of sp³-hybridized carbons (Fsp3) is 0.727. The molecule has 0 atom stereocenters. The zero-order valence-corrected chi connectivity index (χ0v) is 11.5. The minimum Gasteiger partial charge on any atom is -0.334 e. The number of hydrogen-bond donors (Lipinski definition) is 1. The highest BCUT2D eigenvalue weighted by Crippen LogP contribution is 2.11. The lowest BCUT2D eigenvalue weighted by Crippen LogP contribution is -2.38. The van der Waals surface area contributed by atoms with Crippen molar-refractivity contribution in [1.82, 2.24) is 18.6 Å². The Morgan fingerprint density at radius 3 is 2.78 bits per heavy atom. The zero-order valence-electron chi connectivity index (χ0n) is 10.7. The van der Waals surface area contributed by atoms with E-state index < -0.39 is 10.2 Å². The molecule has 2 rings (SSSR count). The molecule has 0 amide bonds. The summed E-state index contributed by atoms with van der Waals surface area (Å²) >= 11 is 0. The van der Waals surface area contributed by atoms with Crippen LogP contribution in [0, 0.1) is 0 Å². The smallest absolute Gasteiger partial charge is 0.279 e. The van der Waals surface area contributed by atoms with Crippen LogP contribution in [-0.4, -0.2) is 35.4 Å². The van der Waals surface area contributed by atoms with Crippen LogP contribution in [-0.2, 0) is 23.3 Å². The van der Waals surface area contributed by atoms with Gasteiger partial charge in [0.05, 0.1) is 6.54 Å². The van der Waals surface area contributed by atoms with Gasteiger partial charge in [0.15, 0.2) is 0 Å². The Bertz CT molecular complexity index is 477. The molecular formula is C11H20N4O2S. The summed E-state index contributed by atoms with van der Waals surface area (Å²) in [4.78, 5) is 4.18. The Kier molecular flexibility index (Phi) is 4.36. The molecule has 0 spiro atoms. The van der Waals surface area contributed by atoms with Crippen LogP contribution in [0.4, 0.5) is 0 Å². The first-order valence-corrected chi connectivity index (χ1v) is 7.82. The molecule has 1 aromatic rings. The molecule has 2 heterocycles. The monoisotopic (exact) mass is 272 g/mol. The van der Waals surface area contributed by atoms with Gasteiger partial charge in [0.25, 0.3) is 10.2 Å². The first-order valence-electron chi connectivity index (χ1n) is 6.38. The fourth-order valence-electron chi connectivity index (χ4n) is 2.13. The summed E-state index contributed by atoms with van der Waals surface area (Å²) in [6.45, 7) is 4.45. The molecule has 1 aromatic heterocycles. The van der Waals surface area contributed by atoms with E-state index in [-0.39, 0.29) is 6.54 Å². The molecule has 0 bridgehead atoms. The van der Waals surface area contributed by atoms with Crippen LogP contribution >= 0.6 is 0 Å². The van der Waals surface area contributed by atoms with Gasteiger partial charge in [-0.1, -0.05) is 6.92 Å². The average molecular weight is 272 g/mol. The van der Waals surface area contributed by atoms with E-state index >= 15 is 0 Å². The van der Waals surface area contributed by atoms with E-state index in [1.807, 2.05) is 10.8 Å². The second-order valence-electron chi connectivity index (χ2n) is 4.47. The highest BCUT2D eigenvalue weighted by atomic mass is 32.2. The number of aryl methyl sites for hydroxylation is 1. The predicted octanol–water partition coefficient (Wildman–Crippen LogP) is 0.723. The van der Waals surface area contributed by atoms with Crippen LogP contribution in [0.15, 0.2) is 12.4 Å². The van der Waals surface area contributed by atoms with Gasteiger partial charge >= 0.3 is 0 Å². The van der Waals surface area contributed by atoms with Gasteiger partial charge in [-0.2, -0.15) is 17.4 Å². The molecule has 0 saturated carbocycles. The van der Waals surface area contributed by atoms with Crippen LogP contribution in [0.25, 0.3) is 0 Å². The molecule has 0 aliphatic carbocycles. The summed E-state index contributed by atoms with van der Waals surface area (Å²) in [5.74, 6) is 0.764. The lowest BCUT2D eigenvalue weighted by Gasteiger charge is -2.16. The molecule has 1 aliphatic rings. The van der Waals surface area contributed by atoms with Crippen LogP contribution in [0.1, 0.15) is 32.0 Å². The summed E-state index contributed by atoms with van der Waals surface area (Å²) in [5.41, 5.74) is 0. The molecule has 0 radical (unpaired) electrons. The van der Waals surface area contributed by atoms with E-state index in [4.69, 9.17) is 0 Å². The van der Waals surface area contributed by atoms with Gasteiger partial charge in [-0.3, -0.25) is 0 Å². The minimum absolute atomic E-state index is 0.256. The lowest BCUT2D eigenvalue weighted by molar-refractivity contribution is 0.462. The number of imidazole rings is 1. The topological polar surface area (TPSA) is 67.2 Å². The van der Waals surface area contributed by atoms with Gasteiger partial charge in [-0.05, 0) is 19.3 Å². The average Bonchev–Trinajstić information content (AvgIpc) is 2.98. The van der Waals surface area contributed by atoms with Gasteiger partial charge in [0.2, 0.25) is 0 Å². The minimum atomic E-state index is -3.34. The Balaban J connectivity index is 1.96. The third-order valence-electron chi connectivity index (χ3n) is 3.08. The highest BCUT2D eigenvalue weighted by molar-refractivity contribution is 7.87. The van der Waals surface area contributed by atoms with Crippen molar-refractivity contribution in [2.24, 2.45) is 0 Å². The van der Waals surface area contributed by atoms with E-state index in [9.17, 15) is 8.42 Å². The summed E-state index contributed by atoms with van der Waals surface area (Å²) < 4.78 is 30.0. The SMILES string of the molecule is CCCn1ccnc1CNS(=O)(=O)N1CCCC1. The quantitative estimate of drug-likeness (QED) is 0.830. The number of nitrogens with one attached hydrogen (secondary N) is 1. The van der Waals surface area contributed by atoms with Gasteiger partial charge in [-0.25, -0.2) is 4.98 Å². The van der Waals surface area contributed by atoms with Gasteiger partial charge < -0.3 is 4.57 Å². The normalized spacial score (nSPS) is 17.4. The maximum atomic E-state index is 12.0. The molecular weight excluding hydrogens is 252 g/mol. The van der Waals surface area contributed by atoms with E-state index in [0.29, 0.717) is 13.1 Å². The van der Waals surface area contributed by atoms with Crippen molar-refractivity contribution >= 4 is 10.2 Å². The second-order valence-corrected chi connectivity index (χ2v) is 6.22. The Morgan fingerprint density at radius 1 is 1.39 bits per heavy atom. The van der Waals surface area contributed by atoms with Crippen molar-refractivity contribution in [3.05, 3.63) is 18.2 Å².